The number of amides is 3. The van der Waals surface area contributed by atoms with E-state index in [-0.39, 0.29) is 17.8 Å². The first-order valence-electron chi connectivity index (χ1n) is 8.52. The average Bonchev–Trinajstić information content (AvgIpc) is 2.93. The Morgan fingerprint density at radius 3 is 2.64 bits per heavy atom. The molecule has 1 N–H and O–H groups in total. The first-order valence-corrected chi connectivity index (χ1v) is 9.32. The van der Waals surface area contributed by atoms with Crippen molar-refractivity contribution >= 4 is 33.9 Å². The van der Waals surface area contributed by atoms with E-state index in [1.54, 1.807) is 24.3 Å². The molecular formula is C20H18BrFN2O4. The number of rotatable bonds is 6. The van der Waals surface area contributed by atoms with Crippen LogP contribution >= 0.6 is 15.9 Å². The molecule has 1 fully saturated rings. The van der Waals surface area contributed by atoms with Gasteiger partial charge in [-0.15, -0.1) is 0 Å². The Labute approximate surface area is 170 Å². The first kappa shape index (κ1) is 19.9. The minimum absolute atomic E-state index is 0.0923. The molecule has 0 saturated carbocycles. The van der Waals surface area contributed by atoms with Gasteiger partial charge < -0.3 is 14.8 Å². The summed E-state index contributed by atoms with van der Waals surface area (Å²) in [5, 5.41) is 2.53. The highest BCUT2D eigenvalue weighted by atomic mass is 79.9. The molecule has 1 aliphatic rings. The summed E-state index contributed by atoms with van der Waals surface area (Å²) >= 11 is 3.43. The first-order chi connectivity index (χ1) is 13.4. The normalized spacial score (nSPS) is 15.1. The third-order valence-electron chi connectivity index (χ3n) is 4.13. The van der Waals surface area contributed by atoms with E-state index in [4.69, 9.17) is 9.47 Å². The number of hydrogen-bond donors (Lipinski definition) is 1. The highest BCUT2D eigenvalue weighted by Crippen LogP contribution is 2.35. The van der Waals surface area contributed by atoms with Crippen molar-refractivity contribution in [2.24, 2.45) is 0 Å². The van der Waals surface area contributed by atoms with Gasteiger partial charge in [-0.3, -0.25) is 9.69 Å². The van der Waals surface area contributed by atoms with Crippen molar-refractivity contribution in [2.45, 2.75) is 13.5 Å². The number of urea groups is 1. The quantitative estimate of drug-likeness (QED) is 0.533. The lowest BCUT2D eigenvalue weighted by Gasteiger charge is -2.12. The largest absolute Gasteiger partial charge is 0.493 e. The third kappa shape index (κ3) is 4.01. The summed E-state index contributed by atoms with van der Waals surface area (Å²) in [4.78, 5) is 25.9. The van der Waals surface area contributed by atoms with E-state index in [0.717, 1.165) is 4.90 Å². The van der Waals surface area contributed by atoms with Gasteiger partial charge in [-0.2, -0.15) is 0 Å². The fourth-order valence-electron chi connectivity index (χ4n) is 2.76. The molecule has 0 aliphatic carbocycles. The van der Waals surface area contributed by atoms with E-state index in [1.165, 1.54) is 25.3 Å². The van der Waals surface area contributed by atoms with E-state index >= 15 is 0 Å². The fourth-order valence-corrected chi connectivity index (χ4v) is 3.19. The molecular weight excluding hydrogens is 431 g/mol. The molecule has 8 heteroatoms. The fraction of sp³-hybridized carbons (Fsp3) is 0.200. The van der Waals surface area contributed by atoms with Crippen LogP contribution in [0.25, 0.3) is 6.08 Å². The number of benzene rings is 2. The van der Waals surface area contributed by atoms with Crippen molar-refractivity contribution in [1.29, 1.82) is 0 Å². The minimum atomic E-state index is -0.603. The SMILES string of the molecule is CCOc1cc(/C=C2/NC(=O)N(Cc3ccccc3F)C2=O)c(Br)cc1OC. The summed E-state index contributed by atoms with van der Waals surface area (Å²) in [5.74, 6) is 0.0487. The summed E-state index contributed by atoms with van der Waals surface area (Å²) in [6.45, 7) is 2.14. The summed E-state index contributed by atoms with van der Waals surface area (Å²) in [6.07, 6.45) is 1.54. The summed E-state index contributed by atoms with van der Waals surface area (Å²) in [7, 11) is 1.53. The maximum Gasteiger partial charge on any atom is 0.329 e. The Kier molecular flexibility index (Phi) is 5.99. The van der Waals surface area contributed by atoms with Crippen LogP contribution in [0, 0.1) is 5.82 Å². The number of carbonyl (C=O) groups excluding carboxylic acids is 2. The molecule has 1 heterocycles. The highest BCUT2D eigenvalue weighted by molar-refractivity contribution is 9.10. The van der Waals surface area contributed by atoms with Crippen LogP contribution in [-0.4, -0.2) is 30.6 Å². The van der Waals surface area contributed by atoms with Crippen molar-refractivity contribution in [3.8, 4) is 11.5 Å². The van der Waals surface area contributed by atoms with Crippen LogP contribution in [0.3, 0.4) is 0 Å². The zero-order chi connectivity index (χ0) is 20.3. The molecule has 146 valence electrons. The van der Waals surface area contributed by atoms with Gasteiger partial charge in [-0.1, -0.05) is 34.1 Å². The number of ether oxygens (including phenoxy) is 2. The van der Waals surface area contributed by atoms with Gasteiger partial charge in [-0.05, 0) is 36.8 Å². The van der Waals surface area contributed by atoms with Crippen molar-refractivity contribution in [1.82, 2.24) is 10.2 Å². The number of carbonyl (C=O) groups is 2. The third-order valence-corrected chi connectivity index (χ3v) is 4.82. The second-order valence-electron chi connectivity index (χ2n) is 5.93. The van der Waals surface area contributed by atoms with Crippen LogP contribution < -0.4 is 14.8 Å². The van der Waals surface area contributed by atoms with Crippen LogP contribution in [0.2, 0.25) is 0 Å². The Bertz CT molecular complexity index is 961. The van der Waals surface area contributed by atoms with Crippen molar-refractivity contribution in [3.63, 3.8) is 0 Å². The van der Waals surface area contributed by atoms with E-state index in [2.05, 4.69) is 21.2 Å². The Morgan fingerprint density at radius 1 is 1.21 bits per heavy atom. The van der Waals surface area contributed by atoms with Crippen LogP contribution in [0.5, 0.6) is 11.5 Å². The Morgan fingerprint density at radius 2 is 1.96 bits per heavy atom. The van der Waals surface area contributed by atoms with Gasteiger partial charge in [-0.25, -0.2) is 9.18 Å². The van der Waals surface area contributed by atoms with E-state index in [0.29, 0.717) is 28.1 Å². The molecule has 6 nitrogen and oxygen atoms in total. The molecule has 28 heavy (non-hydrogen) atoms. The lowest BCUT2D eigenvalue weighted by Crippen LogP contribution is -2.30. The number of nitrogens with one attached hydrogen (secondary N) is 1. The van der Waals surface area contributed by atoms with Crippen LogP contribution in [-0.2, 0) is 11.3 Å². The molecule has 0 aromatic heterocycles. The predicted molar refractivity (Wildman–Crippen MR) is 105 cm³/mol. The second kappa shape index (κ2) is 8.43. The standard InChI is InChI=1S/C20H18BrFN2O4/c1-3-28-18-9-13(14(21)10-17(18)27-2)8-16-19(25)24(20(26)23-16)11-12-6-4-5-7-15(12)22/h4-10H,3,11H2,1-2H3,(H,23,26)/b16-8+. The monoisotopic (exact) mass is 448 g/mol. The molecule has 0 bridgehead atoms. The molecule has 2 aromatic carbocycles. The smallest absolute Gasteiger partial charge is 0.329 e. The van der Waals surface area contributed by atoms with Crippen molar-refractivity contribution < 1.29 is 23.5 Å². The molecule has 1 saturated heterocycles. The van der Waals surface area contributed by atoms with Crippen LogP contribution in [0.15, 0.2) is 46.6 Å². The van der Waals surface area contributed by atoms with Crippen LogP contribution in [0.4, 0.5) is 9.18 Å². The molecule has 1 aliphatic heterocycles. The topological polar surface area (TPSA) is 67.9 Å². The van der Waals surface area contributed by atoms with Gasteiger partial charge in [0.1, 0.15) is 11.5 Å². The van der Waals surface area contributed by atoms with Gasteiger partial charge in [0.15, 0.2) is 11.5 Å². The second-order valence-corrected chi connectivity index (χ2v) is 6.78. The van der Waals surface area contributed by atoms with Gasteiger partial charge in [0.2, 0.25) is 0 Å². The van der Waals surface area contributed by atoms with Crippen molar-refractivity contribution in [2.75, 3.05) is 13.7 Å². The molecule has 0 unspecified atom stereocenters. The number of methoxy groups -OCH3 is 1. The van der Waals surface area contributed by atoms with E-state index in [1.807, 2.05) is 6.92 Å². The zero-order valence-electron chi connectivity index (χ0n) is 15.3. The molecule has 0 atom stereocenters. The van der Waals surface area contributed by atoms with Gasteiger partial charge in [0, 0.05) is 10.0 Å². The minimum Gasteiger partial charge on any atom is -0.493 e. The summed E-state index contributed by atoms with van der Waals surface area (Å²) in [6, 6.07) is 8.84. The number of imide groups is 1. The van der Waals surface area contributed by atoms with E-state index < -0.39 is 17.8 Å². The highest BCUT2D eigenvalue weighted by Gasteiger charge is 2.34. The number of halogens is 2. The molecule has 0 spiro atoms. The summed E-state index contributed by atoms with van der Waals surface area (Å²) in [5.41, 5.74) is 0.979. The predicted octanol–water partition coefficient (Wildman–Crippen LogP) is 4.09. The van der Waals surface area contributed by atoms with E-state index in [9.17, 15) is 14.0 Å². The Balaban J connectivity index is 1.89. The maximum atomic E-state index is 13.9. The Hall–Kier alpha value is -2.87. The van der Waals surface area contributed by atoms with Crippen molar-refractivity contribution in [3.05, 3.63) is 63.5 Å². The van der Waals surface area contributed by atoms with Gasteiger partial charge >= 0.3 is 6.03 Å². The van der Waals surface area contributed by atoms with Gasteiger partial charge in [0.25, 0.3) is 5.91 Å². The summed E-state index contributed by atoms with van der Waals surface area (Å²) < 4.78 is 25.4. The average molecular weight is 449 g/mol. The zero-order valence-corrected chi connectivity index (χ0v) is 16.9. The number of nitrogens with zero attached hydrogens (tertiary/aromatic N) is 1. The molecule has 0 radical (unpaired) electrons. The lowest BCUT2D eigenvalue weighted by atomic mass is 10.1. The maximum absolute atomic E-state index is 13.9. The molecule has 2 aromatic rings. The van der Waals surface area contributed by atoms with Gasteiger partial charge in [0.05, 0.1) is 20.3 Å². The lowest BCUT2D eigenvalue weighted by molar-refractivity contribution is -0.123. The molecule has 3 rings (SSSR count). The molecule has 3 amide bonds. The number of hydrogen-bond acceptors (Lipinski definition) is 4. The van der Waals surface area contributed by atoms with Crippen LogP contribution in [0.1, 0.15) is 18.1 Å².